The van der Waals surface area contributed by atoms with Crippen molar-refractivity contribution >= 4 is 10.9 Å². The van der Waals surface area contributed by atoms with Gasteiger partial charge < -0.3 is 29.2 Å². The van der Waals surface area contributed by atoms with Crippen molar-refractivity contribution in [1.82, 2.24) is 9.47 Å². The maximum Gasteiger partial charge on any atom is 0.125 e. The van der Waals surface area contributed by atoms with E-state index in [4.69, 9.17) is 9.47 Å². The van der Waals surface area contributed by atoms with Crippen LogP contribution in [0.1, 0.15) is 48.3 Å². The van der Waals surface area contributed by atoms with Gasteiger partial charge in [-0.25, -0.2) is 0 Å². The fourth-order valence-electron chi connectivity index (χ4n) is 5.50. The molecule has 3 heterocycles. The standard InChI is InChI=1S/C26H32N2O4/c1-17-25(20-14-18(31-3)8-9-21(20)27(17)2)23(30)16-28-12-10-26(11-13-28)15-22(29)19-6-4-5-7-24(19)32-26/h4-9,14,22-23,29-30H,10-13,15-16H2,1-3H3/t22-,23+/m1/s1. The Morgan fingerprint density at radius 1 is 1.19 bits per heavy atom. The number of hydrogen-bond donors (Lipinski definition) is 2. The number of benzene rings is 2. The molecule has 0 radical (unpaired) electrons. The quantitative estimate of drug-likeness (QED) is 0.650. The van der Waals surface area contributed by atoms with Crippen molar-refractivity contribution in [2.24, 2.45) is 7.05 Å². The van der Waals surface area contributed by atoms with Crippen molar-refractivity contribution in [2.45, 2.75) is 44.0 Å². The summed E-state index contributed by atoms with van der Waals surface area (Å²) >= 11 is 0. The molecule has 3 aromatic rings. The van der Waals surface area contributed by atoms with E-state index in [0.717, 1.165) is 65.2 Å². The van der Waals surface area contributed by atoms with Gasteiger partial charge in [0.15, 0.2) is 0 Å². The van der Waals surface area contributed by atoms with E-state index >= 15 is 0 Å². The van der Waals surface area contributed by atoms with E-state index in [-0.39, 0.29) is 5.60 Å². The topological polar surface area (TPSA) is 67.1 Å². The van der Waals surface area contributed by atoms with Crippen LogP contribution in [0.15, 0.2) is 42.5 Å². The van der Waals surface area contributed by atoms with Gasteiger partial charge in [-0.1, -0.05) is 18.2 Å². The Bertz CT molecular complexity index is 1130. The summed E-state index contributed by atoms with van der Waals surface area (Å²) in [5.74, 6) is 1.60. The zero-order valence-electron chi connectivity index (χ0n) is 19.0. The number of para-hydroxylation sites is 1. The second-order valence-electron chi connectivity index (χ2n) is 9.30. The molecule has 2 aromatic carbocycles. The first-order valence-electron chi connectivity index (χ1n) is 11.4. The smallest absolute Gasteiger partial charge is 0.125 e. The molecule has 1 saturated heterocycles. The van der Waals surface area contributed by atoms with Crippen molar-refractivity contribution in [1.29, 1.82) is 0 Å². The number of hydrogen-bond acceptors (Lipinski definition) is 5. The molecule has 0 saturated carbocycles. The molecule has 2 N–H and O–H groups in total. The van der Waals surface area contributed by atoms with E-state index < -0.39 is 12.2 Å². The largest absolute Gasteiger partial charge is 0.497 e. The number of aliphatic hydroxyl groups excluding tert-OH is 2. The molecule has 6 heteroatoms. The highest BCUT2D eigenvalue weighted by Crippen LogP contribution is 2.44. The predicted molar refractivity (Wildman–Crippen MR) is 124 cm³/mol. The molecule has 2 aliphatic heterocycles. The van der Waals surface area contributed by atoms with Gasteiger partial charge in [0, 0.05) is 60.8 Å². The summed E-state index contributed by atoms with van der Waals surface area (Å²) in [6.07, 6.45) is 1.24. The van der Waals surface area contributed by atoms with E-state index in [9.17, 15) is 10.2 Å². The Balaban J connectivity index is 1.31. The summed E-state index contributed by atoms with van der Waals surface area (Å²) in [6.45, 7) is 4.30. The third-order valence-electron chi connectivity index (χ3n) is 7.45. The molecule has 0 amide bonds. The van der Waals surface area contributed by atoms with Crippen LogP contribution in [0, 0.1) is 6.92 Å². The lowest BCUT2D eigenvalue weighted by Gasteiger charge is -2.46. The second-order valence-corrected chi connectivity index (χ2v) is 9.30. The lowest BCUT2D eigenvalue weighted by Crippen LogP contribution is -2.51. The number of likely N-dealkylation sites (tertiary alicyclic amines) is 1. The van der Waals surface area contributed by atoms with E-state index in [1.54, 1.807) is 7.11 Å². The normalized spacial score (nSPS) is 21.3. The Hall–Kier alpha value is -2.54. The van der Waals surface area contributed by atoms with E-state index in [2.05, 4.69) is 16.4 Å². The summed E-state index contributed by atoms with van der Waals surface area (Å²) in [5.41, 5.74) is 3.71. The highest BCUT2D eigenvalue weighted by Gasteiger charge is 2.43. The fourth-order valence-corrected chi connectivity index (χ4v) is 5.50. The number of rotatable bonds is 4. The molecule has 2 aliphatic rings. The molecular formula is C26H32N2O4. The van der Waals surface area contributed by atoms with Crippen molar-refractivity contribution in [3.8, 4) is 11.5 Å². The van der Waals surface area contributed by atoms with Gasteiger partial charge in [0.2, 0.25) is 0 Å². The molecule has 0 bridgehead atoms. The first-order chi connectivity index (χ1) is 15.4. The van der Waals surface area contributed by atoms with Gasteiger partial charge in [0.25, 0.3) is 0 Å². The Labute approximate surface area is 189 Å². The molecule has 5 rings (SSSR count). The SMILES string of the molecule is COc1ccc2c(c1)c([C@@H](O)CN1CCC3(CC1)C[C@@H](O)c1ccccc1O3)c(C)n2C. The van der Waals surface area contributed by atoms with Crippen LogP contribution in [-0.4, -0.2) is 52.0 Å². The van der Waals surface area contributed by atoms with E-state index in [1.807, 2.05) is 49.5 Å². The number of β-amino-alcohol motifs (C(OH)–C–C–N with tert-alkyl or cyclic N) is 1. The van der Waals surface area contributed by atoms with E-state index in [1.165, 1.54) is 0 Å². The lowest BCUT2D eigenvalue weighted by atomic mass is 9.81. The second kappa shape index (κ2) is 8.10. The van der Waals surface area contributed by atoms with Crippen LogP contribution >= 0.6 is 0 Å². The van der Waals surface area contributed by atoms with Gasteiger partial charge in [0.1, 0.15) is 17.1 Å². The van der Waals surface area contributed by atoms with Gasteiger partial charge in [-0.15, -0.1) is 0 Å². The zero-order valence-corrected chi connectivity index (χ0v) is 19.0. The molecule has 6 nitrogen and oxygen atoms in total. The maximum absolute atomic E-state index is 11.2. The Morgan fingerprint density at radius 3 is 2.69 bits per heavy atom. The lowest BCUT2D eigenvalue weighted by molar-refractivity contribution is -0.0587. The van der Waals surface area contributed by atoms with Gasteiger partial charge in [-0.2, -0.15) is 0 Å². The molecule has 0 aliphatic carbocycles. The highest BCUT2D eigenvalue weighted by molar-refractivity contribution is 5.87. The van der Waals surface area contributed by atoms with Crippen molar-refractivity contribution in [3.05, 3.63) is 59.3 Å². The number of fused-ring (bicyclic) bond motifs is 2. The molecular weight excluding hydrogens is 404 g/mol. The van der Waals surface area contributed by atoms with Crippen LogP contribution in [0.25, 0.3) is 10.9 Å². The number of ether oxygens (including phenoxy) is 2. The molecule has 32 heavy (non-hydrogen) atoms. The first kappa shape index (κ1) is 21.3. The summed E-state index contributed by atoms with van der Waals surface area (Å²) in [4.78, 5) is 2.31. The number of aryl methyl sites for hydroxylation is 1. The molecule has 1 fully saturated rings. The maximum atomic E-state index is 11.2. The van der Waals surface area contributed by atoms with Crippen LogP contribution in [-0.2, 0) is 7.05 Å². The molecule has 1 aromatic heterocycles. The molecule has 2 atom stereocenters. The van der Waals surface area contributed by atoms with Crippen LogP contribution in [0.4, 0.5) is 0 Å². The van der Waals surface area contributed by atoms with Crippen LogP contribution in [0.3, 0.4) is 0 Å². The first-order valence-corrected chi connectivity index (χ1v) is 11.4. The van der Waals surface area contributed by atoms with Crippen LogP contribution in [0.5, 0.6) is 11.5 Å². The van der Waals surface area contributed by atoms with Gasteiger partial charge in [0.05, 0.1) is 19.3 Å². The highest BCUT2D eigenvalue weighted by atomic mass is 16.5. The Kier molecular flexibility index (Phi) is 5.40. The minimum absolute atomic E-state index is 0.321. The number of methoxy groups -OCH3 is 1. The summed E-state index contributed by atoms with van der Waals surface area (Å²) in [6, 6.07) is 13.8. The van der Waals surface area contributed by atoms with E-state index in [0.29, 0.717) is 13.0 Å². The third kappa shape index (κ3) is 3.56. The van der Waals surface area contributed by atoms with Gasteiger partial charge in [-0.05, 0) is 44.0 Å². The fraction of sp³-hybridized carbons (Fsp3) is 0.462. The van der Waals surface area contributed by atoms with Gasteiger partial charge in [-0.3, -0.25) is 0 Å². The summed E-state index contributed by atoms with van der Waals surface area (Å²) in [7, 11) is 3.70. The van der Waals surface area contributed by atoms with Crippen molar-refractivity contribution < 1.29 is 19.7 Å². The number of piperidine rings is 1. The number of nitrogens with zero attached hydrogens (tertiary/aromatic N) is 2. The zero-order chi connectivity index (χ0) is 22.5. The predicted octanol–water partition coefficient (Wildman–Crippen LogP) is 3.88. The molecule has 0 unspecified atom stereocenters. The molecule has 1 spiro atoms. The van der Waals surface area contributed by atoms with Crippen molar-refractivity contribution in [2.75, 3.05) is 26.7 Å². The average Bonchev–Trinajstić information content (AvgIpc) is 3.05. The molecule has 170 valence electrons. The minimum atomic E-state index is -0.585. The van der Waals surface area contributed by atoms with Gasteiger partial charge >= 0.3 is 0 Å². The summed E-state index contributed by atoms with van der Waals surface area (Å²) in [5, 5.41) is 22.9. The van der Waals surface area contributed by atoms with Crippen molar-refractivity contribution in [3.63, 3.8) is 0 Å². The third-order valence-corrected chi connectivity index (χ3v) is 7.45. The van der Waals surface area contributed by atoms with Crippen LogP contribution in [0.2, 0.25) is 0 Å². The monoisotopic (exact) mass is 436 g/mol. The average molecular weight is 437 g/mol. The number of aromatic nitrogens is 1. The van der Waals surface area contributed by atoms with Crippen LogP contribution < -0.4 is 9.47 Å². The Morgan fingerprint density at radius 2 is 1.94 bits per heavy atom. The summed E-state index contributed by atoms with van der Waals surface area (Å²) < 4.78 is 14.0. The number of aliphatic hydroxyl groups is 2. The minimum Gasteiger partial charge on any atom is -0.497 e.